The van der Waals surface area contributed by atoms with Gasteiger partial charge in [0.05, 0.1) is 35.0 Å². The summed E-state index contributed by atoms with van der Waals surface area (Å²) >= 11 is 12.1. The predicted octanol–water partition coefficient (Wildman–Crippen LogP) is 3.12. The minimum atomic E-state index is -3.90. The van der Waals surface area contributed by atoms with E-state index in [2.05, 4.69) is 15.4 Å². The first-order chi connectivity index (χ1) is 14.6. The van der Waals surface area contributed by atoms with Crippen LogP contribution in [0.4, 0.5) is 5.69 Å². The molecule has 0 saturated heterocycles. The number of hydrogen-bond acceptors (Lipinski definition) is 5. The highest BCUT2D eigenvalue weighted by Gasteiger charge is 2.30. The second kappa shape index (κ2) is 9.44. The Kier molecular flexibility index (Phi) is 7.10. The summed E-state index contributed by atoms with van der Waals surface area (Å²) in [5.74, 6) is -0.731. The maximum absolute atomic E-state index is 12.6. The van der Waals surface area contributed by atoms with Crippen LogP contribution in [-0.2, 0) is 14.8 Å². The highest BCUT2D eigenvalue weighted by atomic mass is 35.5. The van der Waals surface area contributed by atoms with E-state index in [1.165, 1.54) is 13.2 Å². The van der Waals surface area contributed by atoms with Gasteiger partial charge in [-0.15, -0.1) is 0 Å². The third-order valence-electron chi connectivity index (χ3n) is 4.49. The van der Waals surface area contributed by atoms with Crippen LogP contribution in [-0.4, -0.2) is 39.9 Å². The number of carbonyl (C=O) groups is 2. The van der Waals surface area contributed by atoms with Crippen LogP contribution >= 0.6 is 23.2 Å². The normalized spacial score (nSPS) is 13.5. The molecule has 2 aromatic rings. The van der Waals surface area contributed by atoms with Gasteiger partial charge in [-0.1, -0.05) is 29.3 Å². The van der Waals surface area contributed by atoms with Gasteiger partial charge in [-0.3, -0.25) is 9.59 Å². The molecule has 0 aliphatic heterocycles. The topological polar surface area (TPSA) is 114 Å². The molecule has 3 N–H and O–H groups in total. The first-order valence-electron chi connectivity index (χ1n) is 9.35. The van der Waals surface area contributed by atoms with Crippen molar-refractivity contribution in [2.75, 3.05) is 19.0 Å². The van der Waals surface area contributed by atoms with Gasteiger partial charge in [-0.2, -0.15) is 0 Å². The van der Waals surface area contributed by atoms with Crippen LogP contribution in [0.5, 0.6) is 5.75 Å². The van der Waals surface area contributed by atoms with Gasteiger partial charge in [-0.05, 0) is 49.6 Å². The van der Waals surface area contributed by atoms with E-state index in [0.717, 1.165) is 24.5 Å². The lowest BCUT2D eigenvalue weighted by Crippen LogP contribution is -2.33. The molecule has 1 aliphatic rings. The number of carbonyl (C=O) groups excluding carboxylic acids is 2. The van der Waals surface area contributed by atoms with E-state index in [4.69, 9.17) is 27.9 Å². The number of methoxy groups -OCH3 is 1. The molecule has 1 saturated carbocycles. The molecule has 1 aliphatic carbocycles. The molecular weight excluding hydrogens is 465 g/mol. The van der Waals surface area contributed by atoms with Crippen LogP contribution < -0.4 is 20.1 Å². The summed E-state index contributed by atoms with van der Waals surface area (Å²) in [6.07, 6.45) is 1.50. The van der Waals surface area contributed by atoms with Crippen molar-refractivity contribution in [3.8, 4) is 5.75 Å². The molecule has 0 spiro atoms. The summed E-state index contributed by atoms with van der Waals surface area (Å²) in [5, 5.41) is 4.96. The van der Waals surface area contributed by atoms with Crippen LogP contribution in [0.15, 0.2) is 35.2 Å². The summed E-state index contributed by atoms with van der Waals surface area (Å²) in [6, 6.07) is 7.45. The molecule has 0 heterocycles. The molecular formula is C20H21Cl2N3O5S. The first kappa shape index (κ1) is 23.3. The maximum Gasteiger partial charge on any atom is 0.253 e. The molecule has 8 nitrogen and oxygen atoms in total. The van der Waals surface area contributed by atoms with Crippen molar-refractivity contribution >= 4 is 50.7 Å². The van der Waals surface area contributed by atoms with Crippen LogP contribution in [0.25, 0.3) is 0 Å². The zero-order valence-electron chi connectivity index (χ0n) is 16.8. The quantitative estimate of drug-likeness (QED) is 0.531. The van der Waals surface area contributed by atoms with Crippen LogP contribution in [0.2, 0.25) is 10.0 Å². The fourth-order valence-electron chi connectivity index (χ4n) is 2.76. The summed E-state index contributed by atoms with van der Waals surface area (Å²) in [7, 11) is -2.42. The van der Waals surface area contributed by atoms with E-state index >= 15 is 0 Å². The molecule has 2 aromatic carbocycles. The summed E-state index contributed by atoms with van der Waals surface area (Å²) in [4.78, 5) is 24.6. The van der Waals surface area contributed by atoms with Gasteiger partial charge >= 0.3 is 0 Å². The fourth-order valence-corrected chi connectivity index (χ4v) is 4.93. The predicted molar refractivity (Wildman–Crippen MR) is 118 cm³/mol. The van der Waals surface area contributed by atoms with Gasteiger partial charge in [0.2, 0.25) is 15.9 Å². The van der Waals surface area contributed by atoms with Crippen molar-refractivity contribution in [1.82, 2.24) is 10.0 Å². The van der Waals surface area contributed by atoms with E-state index in [-0.39, 0.29) is 33.1 Å². The Morgan fingerprint density at radius 1 is 1.13 bits per heavy atom. The Balaban J connectivity index is 1.71. The van der Waals surface area contributed by atoms with Gasteiger partial charge < -0.3 is 15.4 Å². The lowest BCUT2D eigenvalue weighted by atomic mass is 10.2. The first-order valence-corrected chi connectivity index (χ1v) is 11.6. The number of nitrogens with one attached hydrogen (secondary N) is 3. The highest BCUT2D eigenvalue weighted by Crippen LogP contribution is 2.31. The average molecular weight is 486 g/mol. The number of hydrogen-bond donors (Lipinski definition) is 3. The molecule has 3 rings (SSSR count). The van der Waals surface area contributed by atoms with E-state index in [1.807, 2.05) is 13.0 Å². The highest BCUT2D eigenvalue weighted by molar-refractivity contribution is 7.89. The second-order valence-electron chi connectivity index (χ2n) is 7.09. The SMILES string of the molecule is COc1ccc(C)cc1NC(=O)CNC(=O)c1cc(S(=O)(=O)NC2CC2)c(Cl)cc1Cl. The zero-order chi connectivity index (χ0) is 22.8. The van der Waals surface area contributed by atoms with Crippen molar-refractivity contribution < 1.29 is 22.7 Å². The number of halogens is 2. The van der Waals surface area contributed by atoms with Crippen LogP contribution in [0.1, 0.15) is 28.8 Å². The van der Waals surface area contributed by atoms with Gasteiger partial charge in [0.1, 0.15) is 10.6 Å². The van der Waals surface area contributed by atoms with Crippen LogP contribution in [0.3, 0.4) is 0 Å². The number of benzene rings is 2. The molecule has 1 fully saturated rings. The molecule has 0 atom stereocenters. The second-order valence-corrected chi connectivity index (χ2v) is 9.59. The number of aryl methyl sites for hydroxylation is 1. The largest absolute Gasteiger partial charge is 0.495 e. The minimum absolute atomic E-state index is 0.0337. The summed E-state index contributed by atoms with van der Waals surface area (Å²) in [5.41, 5.74) is 1.27. The molecule has 0 radical (unpaired) electrons. The monoisotopic (exact) mass is 485 g/mol. The number of amides is 2. The Bertz CT molecular complexity index is 1130. The van der Waals surface area contributed by atoms with Crippen molar-refractivity contribution in [3.05, 3.63) is 51.5 Å². The third kappa shape index (κ3) is 5.88. The molecule has 0 unspecified atom stereocenters. The Morgan fingerprint density at radius 3 is 2.48 bits per heavy atom. The van der Waals surface area contributed by atoms with Crippen molar-refractivity contribution in [1.29, 1.82) is 0 Å². The molecule has 0 bridgehead atoms. The Hall–Kier alpha value is -2.33. The van der Waals surface area contributed by atoms with Gasteiger partial charge in [-0.25, -0.2) is 13.1 Å². The van der Waals surface area contributed by atoms with E-state index < -0.39 is 21.8 Å². The summed E-state index contributed by atoms with van der Waals surface area (Å²) < 4.78 is 32.7. The number of ether oxygens (including phenoxy) is 1. The molecule has 11 heteroatoms. The third-order valence-corrected chi connectivity index (χ3v) is 6.79. The number of anilines is 1. The van der Waals surface area contributed by atoms with Gasteiger partial charge in [0.25, 0.3) is 5.91 Å². The smallest absolute Gasteiger partial charge is 0.253 e. The van der Waals surface area contributed by atoms with E-state index in [0.29, 0.717) is 11.4 Å². The lowest BCUT2D eigenvalue weighted by Gasteiger charge is -2.13. The minimum Gasteiger partial charge on any atom is -0.495 e. The Labute approximate surface area is 190 Å². The number of rotatable bonds is 8. The number of sulfonamides is 1. The summed E-state index contributed by atoms with van der Waals surface area (Å²) in [6.45, 7) is 1.50. The zero-order valence-corrected chi connectivity index (χ0v) is 19.1. The average Bonchev–Trinajstić information content (AvgIpc) is 3.49. The van der Waals surface area contributed by atoms with Gasteiger partial charge in [0, 0.05) is 6.04 Å². The Morgan fingerprint density at radius 2 is 1.84 bits per heavy atom. The molecule has 0 aromatic heterocycles. The lowest BCUT2D eigenvalue weighted by molar-refractivity contribution is -0.115. The van der Waals surface area contributed by atoms with Crippen molar-refractivity contribution in [2.45, 2.75) is 30.7 Å². The molecule has 31 heavy (non-hydrogen) atoms. The van der Waals surface area contributed by atoms with Crippen LogP contribution in [0, 0.1) is 6.92 Å². The molecule has 166 valence electrons. The van der Waals surface area contributed by atoms with Crippen molar-refractivity contribution in [2.24, 2.45) is 0 Å². The van der Waals surface area contributed by atoms with Gasteiger partial charge in [0.15, 0.2) is 0 Å². The van der Waals surface area contributed by atoms with Crippen molar-refractivity contribution in [3.63, 3.8) is 0 Å². The molecule has 2 amide bonds. The maximum atomic E-state index is 12.6. The van der Waals surface area contributed by atoms with E-state index in [9.17, 15) is 18.0 Å². The van der Waals surface area contributed by atoms with E-state index in [1.54, 1.807) is 12.1 Å². The fraction of sp³-hybridized carbons (Fsp3) is 0.300. The standard InChI is InChI=1S/C20H21Cl2N3O5S/c1-11-3-6-17(30-2)16(7-11)24-19(26)10-23-20(27)13-8-18(15(22)9-14(13)21)31(28,29)25-12-4-5-12/h3,6-9,12,25H,4-5,10H2,1-2H3,(H,23,27)(H,24,26).